The number of likely N-dealkylation sites (N-methyl/N-ethyl adjacent to an activating group) is 1. The highest BCUT2D eigenvalue weighted by atomic mass is 16.5. The van der Waals surface area contributed by atoms with E-state index in [2.05, 4.69) is 25.8 Å². The Balaban J connectivity index is 2.38. The minimum absolute atomic E-state index is 0.520. The lowest BCUT2D eigenvalue weighted by Crippen LogP contribution is -2.45. The van der Waals surface area contributed by atoms with Gasteiger partial charge in [0.1, 0.15) is 0 Å². The maximum absolute atomic E-state index is 5.88. The summed E-state index contributed by atoms with van der Waals surface area (Å²) in [5, 5.41) is 0. The van der Waals surface area contributed by atoms with E-state index in [1.807, 2.05) is 0 Å². The zero-order chi connectivity index (χ0) is 12.0. The summed E-state index contributed by atoms with van der Waals surface area (Å²) in [5.74, 6) is 1.39. The van der Waals surface area contributed by atoms with Gasteiger partial charge < -0.3 is 15.4 Å². The molecule has 3 unspecified atom stereocenters. The maximum Gasteiger partial charge on any atom is 0.0506 e. The molecule has 1 aliphatic rings. The standard InChI is InChI=1S/C13H28N2O/c1-4-11(2)13(8-14)15(3)9-12-6-5-7-16-10-12/h11-13H,4-10,14H2,1-3H3. The fourth-order valence-electron chi connectivity index (χ4n) is 2.61. The molecule has 1 rings (SSSR count). The van der Waals surface area contributed by atoms with Crippen LogP contribution in [0.25, 0.3) is 0 Å². The fraction of sp³-hybridized carbons (Fsp3) is 1.00. The molecule has 0 spiro atoms. The maximum atomic E-state index is 5.88. The van der Waals surface area contributed by atoms with Crippen LogP contribution in [0, 0.1) is 11.8 Å². The first-order chi connectivity index (χ1) is 7.69. The van der Waals surface area contributed by atoms with Gasteiger partial charge in [-0.3, -0.25) is 0 Å². The van der Waals surface area contributed by atoms with Gasteiger partial charge in [-0.1, -0.05) is 20.3 Å². The van der Waals surface area contributed by atoms with Crippen LogP contribution in [0.3, 0.4) is 0 Å². The van der Waals surface area contributed by atoms with Crippen LogP contribution in [0.2, 0.25) is 0 Å². The first kappa shape index (κ1) is 13.9. The second kappa shape index (κ2) is 7.25. The van der Waals surface area contributed by atoms with Crippen LogP contribution in [-0.2, 0) is 4.74 Å². The van der Waals surface area contributed by atoms with Crippen molar-refractivity contribution in [1.82, 2.24) is 4.90 Å². The predicted molar refractivity (Wildman–Crippen MR) is 68.5 cm³/mol. The quantitative estimate of drug-likeness (QED) is 0.752. The molecule has 0 aromatic carbocycles. The van der Waals surface area contributed by atoms with E-state index >= 15 is 0 Å². The van der Waals surface area contributed by atoms with E-state index in [9.17, 15) is 0 Å². The van der Waals surface area contributed by atoms with Gasteiger partial charge in [0.2, 0.25) is 0 Å². The fourth-order valence-corrected chi connectivity index (χ4v) is 2.61. The van der Waals surface area contributed by atoms with E-state index in [-0.39, 0.29) is 0 Å². The molecule has 0 bridgehead atoms. The number of hydrogen-bond acceptors (Lipinski definition) is 3. The molecule has 3 nitrogen and oxygen atoms in total. The number of nitrogens with two attached hydrogens (primary N) is 1. The Labute approximate surface area is 100 Å². The lowest BCUT2D eigenvalue weighted by atomic mass is 9.95. The summed E-state index contributed by atoms with van der Waals surface area (Å²) < 4.78 is 5.53. The van der Waals surface area contributed by atoms with Gasteiger partial charge in [0.05, 0.1) is 6.61 Å². The van der Waals surface area contributed by atoms with E-state index in [1.54, 1.807) is 0 Å². The first-order valence-corrected chi connectivity index (χ1v) is 6.67. The number of ether oxygens (including phenoxy) is 1. The normalized spacial score (nSPS) is 25.7. The minimum Gasteiger partial charge on any atom is -0.381 e. The molecule has 1 fully saturated rings. The van der Waals surface area contributed by atoms with Crippen LogP contribution in [0.15, 0.2) is 0 Å². The molecule has 0 aromatic rings. The van der Waals surface area contributed by atoms with Gasteiger partial charge in [-0.2, -0.15) is 0 Å². The van der Waals surface area contributed by atoms with E-state index in [0.717, 1.165) is 26.3 Å². The molecule has 0 radical (unpaired) electrons. The van der Waals surface area contributed by atoms with Crippen LogP contribution >= 0.6 is 0 Å². The Hall–Kier alpha value is -0.120. The van der Waals surface area contributed by atoms with Crippen LogP contribution in [0.5, 0.6) is 0 Å². The van der Waals surface area contributed by atoms with E-state index in [4.69, 9.17) is 10.5 Å². The highest BCUT2D eigenvalue weighted by Gasteiger charge is 2.23. The average molecular weight is 228 g/mol. The second-order valence-corrected chi connectivity index (χ2v) is 5.21. The largest absolute Gasteiger partial charge is 0.381 e. The zero-order valence-electron chi connectivity index (χ0n) is 11.1. The highest BCUT2D eigenvalue weighted by Crippen LogP contribution is 2.18. The minimum atomic E-state index is 0.520. The van der Waals surface area contributed by atoms with Crippen LogP contribution in [0.4, 0.5) is 0 Å². The molecule has 96 valence electrons. The van der Waals surface area contributed by atoms with E-state index in [1.165, 1.54) is 19.3 Å². The molecule has 0 aromatic heterocycles. The van der Waals surface area contributed by atoms with Crippen molar-refractivity contribution in [3.05, 3.63) is 0 Å². The van der Waals surface area contributed by atoms with Crippen molar-refractivity contribution in [2.75, 3.05) is 33.4 Å². The lowest BCUT2D eigenvalue weighted by molar-refractivity contribution is 0.0323. The Bertz CT molecular complexity index is 181. The smallest absolute Gasteiger partial charge is 0.0506 e. The summed E-state index contributed by atoms with van der Waals surface area (Å²) in [7, 11) is 2.21. The molecule has 1 saturated heterocycles. The van der Waals surface area contributed by atoms with Gasteiger partial charge >= 0.3 is 0 Å². The molecule has 0 saturated carbocycles. The Morgan fingerprint density at radius 2 is 2.25 bits per heavy atom. The number of nitrogens with zero attached hydrogens (tertiary/aromatic N) is 1. The van der Waals surface area contributed by atoms with E-state index < -0.39 is 0 Å². The molecule has 16 heavy (non-hydrogen) atoms. The lowest BCUT2D eigenvalue weighted by Gasteiger charge is -2.35. The molecule has 3 heteroatoms. The van der Waals surface area contributed by atoms with Crippen molar-refractivity contribution < 1.29 is 4.74 Å². The summed E-state index contributed by atoms with van der Waals surface area (Å²) in [4.78, 5) is 2.44. The predicted octanol–water partition coefficient (Wildman–Crippen LogP) is 1.72. The van der Waals surface area contributed by atoms with Crippen LogP contribution in [0.1, 0.15) is 33.1 Å². The second-order valence-electron chi connectivity index (χ2n) is 5.21. The van der Waals surface area contributed by atoms with Crippen molar-refractivity contribution in [1.29, 1.82) is 0 Å². The van der Waals surface area contributed by atoms with Gasteiger partial charge in [-0.15, -0.1) is 0 Å². The van der Waals surface area contributed by atoms with Gasteiger partial charge in [0, 0.05) is 25.7 Å². The average Bonchev–Trinajstić information content (AvgIpc) is 2.31. The van der Waals surface area contributed by atoms with Gasteiger partial charge in [-0.25, -0.2) is 0 Å². The topological polar surface area (TPSA) is 38.5 Å². The summed E-state index contributed by atoms with van der Waals surface area (Å²) in [5.41, 5.74) is 5.88. The van der Waals surface area contributed by atoms with Crippen LogP contribution < -0.4 is 5.73 Å². The molecular formula is C13H28N2O. The van der Waals surface area contributed by atoms with Crippen LogP contribution in [-0.4, -0.2) is 44.3 Å². The van der Waals surface area contributed by atoms with Crippen molar-refractivity contribution in [2.45, 2.75) is 39.2 Å². The highest BCUT2D eigenvalue weighted by molar-refractivity contribution is 4.77. The van der Waals surface area contributed by atoms with Crippen molar-refractivity contribution in [2.24, 2.45) is 17.6 Å². The summed E-state index contributed by atoms with van der Waals surface area (Å²) in [6, 6.07) is 0.520. The molecule has 1 heterocycles. The number of rotatable bonds is 6. The molecule has 0 aliphatic carbocycles. The molecule has 3 atom stereocenters. The third-order valence-electron chi connectivity index (χ3n) is 3.91. The van der Waals surface area contributed by atoms with Gasteiger partial charge in [0.25, 0.3) is 0 Å². The monoisotopic (exact) mass is 228 g/mol. The van der Waals surface area contributed by atoms with E-state index in [0.29, 0.717) is 17.9 Å². The van der Waals surface area contributed by atoms with Crippen molar-refractivity contribution in [3.63, 3.8) is 0 Å². The Kier molecular flexibility index (Phi) is 6.32. The van der Waals surface area contributed by atoms with Gasteiger partial charge in [0.15, 0.2) is 0 Å². The summed E-state index contributed by atoms with van der Waals surface area (Å²) in [6.07, 6.45) is 3.73. The molecule has 1 aliphatic heterocycles. The Morgan fingerprint density at radius 1 is 1.50 bits per heavy atom. The molecular weight excluding hydrogens is 200 g/mol. The third-order valence-corrected chi connectivity index (χ3v) is 3.91. The summed E-state index contributed by atoms with van der Waals surface area (Å²) >= 11 is 0. The van der Waals surface area contributed by atoms with Crippen molar-refractivity contribution >= 4 is 0 Å². The molecule has 2 N–H and O–H groups in total. The SMILES string of the molecule is CCC(C)C(CN)N(C)CC1CCCOC1. The summed E-state index contributed by atoms with van der Waals surface area (Å²) in [6.45, 7) is 8.32. The first-order valence-electron chi connectivity index (χ1n) is 6.67. The third kappa shape index (κ3) is 4.04. The zero-order valence-corrected chi connectivity index (χ0v) is 11.1. The van der Waals surface area contributed by atoms with Crippen molar-refractivity contribution in [3.8, 4) is 0 Å². The number of hydrogen-bond donors (Lipinski definition) is 1. The molecule has 0 amide bonds. The van der Waals surface area contributed by atoms with Gasteiger partial charge in [-0.05, 0) is 31.7 Å². The Morgan fingerprint density at radius 3 is 2.75 bits per heavy atom.